The van der Waals surface area contributed by atoms with E-state index in [1.165, 1.54) is 11.2 Å². The van der Waals surface area contributed by atoms with Gasteiger partial charge in [-0.15, -0.1) is 0 Å². The molecule has 8 heteroatoms. The number of aromatic nitrogens is 3. The molecule has 4 rings (SSSR count). The van der Waals surface area contributed by atoms with Gasteiger partial charge in [0.05, 0.1) is 26.0 Å². The van der Waals surface area contributed by atoms with Crippen LogP contribution in [0.25, 0.3) is 22.3 Å². The van der Waals surface area contributed by atoms with Gasteiger partial charge in [-0.1, -0.05) is 18.2 Å². The van der Waals surface area contributed by atoms with Gasteiger partial charge in [-0.2, -0.15) is 0 Å². The lowest BCUT2D eigenvalue weighted by Crippen LogP contribution is -2.37. The largest absolute Gasteiger partial charge is 0.497 e. The molecule has 0 fully saturated rings. The second-order valence-electron chi connectivity index (χ2n) is 7.00. The van der Waals surface area contributed by atoms with E-state index in [0.29, 0.717) is 17.1 Å². The minimum Gasteiger partial charge on any atom is -0.497 e. The second kappa shape index (κ2) is 8.85. The summed E-state index contributed by atoms with van der Waals surface area (Å²) < 4.78 is 5.24. The van der Waals surface area contributed by atoms with Gasteiger partial charge >= 0.3 is 6.03 Å². The van der Waals surface area contributed by atoms with Crippen LogP contribution in [0.5, 0.6) is 5.75 Å². The van der Waals surface area contributed by atoms with Gasteiger partial charge in [-0.05, 0) is 36.8 Å². The number of hydrogen-bond acceptors (Lipinski definition) is 5. The number of ether oxygens (including phenoxy) is 1. The molecule has 8 nitrogen and oxygen atoms in total. The Morgan fingerprint density at radius 3 is 2.74 bits per heavy atom. The number of aromatic amines is 1. The van der Waals surface area contributed by atoms with Gasteiger partial charge in [-0.3, -0.25) is 4.90 Å². The third kappa shape index (κ3) is 4.19. The maximum absolute atomic E-state index is 12.9. The van der Waals surface area contributed by atoms with Gasteiger partial charge < -0.3 is 20.1 Å². The molecule has 0 aliphatic rings. The van der Waals surface area contributed by atoms with E-state index < -0.39 is 0 Å². The number of fused-ring (bicyclic) bond motifs is 1. The van der Waals surface area contributed by atoms with E-state index in [0.717, 1.165) is 27.9 Å². The summed E-state index contributed by atoms with van der Waals surface area (Å²) in [6, 6.07) is 14.3. The fourth-order valence-corrected chi connectivity index (χ4v) is 3.46. The molecular formula is C23H23N5O3. The second-order valence-corrected chi connectivity index (χ2v) is 7.00. The summed E-state index contributed by atoms with van der Waals surface area (Å²) in [6.45, 7) is 2.00. The van der Waals surface area contributed by atoms with Crippen molar-refractivity contribution in [1.29, 1.82) is 0 Å². The predicted molar refractivity (Wildman–Crippen MR) is 121 cm³/mol. The third-order valence-corrected chi connectivity index (χ3v) is 5.01. The van der Waals surface area contributed by atoms with Crippen molar-refractivity contribution in [1.82, 2.24) is 15.0 Å². The highest BCUT2D eigenvalue weighted by atomic mass is 16.5. The van der Waals surface area contributed by atoms with E-state index in [4.69, 9.17) is 4.74 Å². The zero-order valence-corrected chi connectivity index (χ0v) is 17.3. The van der Waals surface area contributed by atoms with Crippen LogP contribution in [-0.4, -0.2) is 46.4 Å². The van der Waals surface area contributed by atoms with Gasteiger partial charge in [0.2, 0.25) is 0 Å². The molecule has 0 radical (unpaired) electrons. The van der Waals surface area contributed by atoms with Crippen LogP contribution in [0.15, 0.2) is 61.1 Å². The SMILES string of the molecule is COc1cccc(N(CCO)C(=O)Nc2ccc(-c3ncnc4[nH]cc(C)c34)cc2)c1. The number of carbonyl (C=O) groups excluding carboxylic acids is 1. The number of nitrogens with one attached hydrogen (secondary N) is 2. The maximum Gasteiger partial charge on any atom is 0.326 e. The molecule has 0 unspecified atom stereocenters. The Labute approximate surface area is 179 Å². The third-order valence-electron chi connectivity index (χ3n) is 5.01. The van der Waals surface area contributed by atoms with Crippen molar-refractivity contribution in [2.75, 3.05) is 30.5 Å². The molecule has 0 aliphatic carbocycles. The first-order valence-electron chi connectivity index (χ1n) is 9.83. The topological polar surface area (TPSA) is 103 Å². The number of urea groups is 1. The molecular weight excluding hydrogens is 394 g/mol. The van der Waals surface area contributed by atoms with Crippen LogP contribution in [-0.2, 0) is 0 Å². The van der Waals surface area contributed by atoms with Crippen molar-refractivity contribution < 1.29 is 14.6 Å². The van der Waals surface area contributed by atoms with Crippen LogP contribution in [0.1, 0.15) is 5.56 Å². The van der Waals surface area contributed by atoms with Crippen molar-refractivity contribution in [3.05, 3.63) is 66.6 Å². The Balaban J connectivity index is 1.56. The lowest BCUT2D eigenvalue weighted by atomic mass is 10.1. The Kier molecular flexibility index (Phi) is 5.81. The van der Waals surface area contributed by atoms with Crippen LogP contribution in [0.2, 0.25) is 0 Å². The number of H-pyrrole nitrogens is 1. The number of anilines is 2. The number of aryl methyl sites for hydroxylation is 1. The van der Waals surface area contributed by atoms with Gasteiger partial charge in [0.1, 0.15) is 17.7 Å². The number of aliphatic hydroxyl groups is 1. The number of nitrogens with zero attached hydrogens (tertiary/aromatic N) is 3. The van der Waals surface area contributed by atoms with Crippen molar-refractivity contribution in [2.24, 2.45) is 0 Å². The molecule has 31 heavy (non-hydrogen) atoms. The molecule has 2 heterocycles. The number of amides is 2. The van der Waals surface area contributed by atoms with Gasteiger partial charge in [0.25, 0.3) is 0 Å². The first kappa shape index (κ1) is 20.4. The minimum atomic E-state index is -0.346. The normalized spacial score (nSPS) is 10.8. The Morgan fingerprint density at radius 1 is 1.19 bits per heavy atom. The summed E-state index contributed by atoms with van der Waals surface area (Å²) in [6.07, 6.45) is 3.44. The molecule has 0 aliphatic heterocycles. The quantitative estimate of drug-likeness (QED) is 0.440. The average Bonchev–Trinajstić information content (AvgIpc) is 3.19. The van der Waals surface area contributed by atoms with Crippen LogP contribution in [0.3, 0.4) is 0 Å². The predicted octanol–water partition coefficient (Wildman–Crippen LogP) is 3.97. The van der Waals surface area contributed by atoms with Gasteiger partial charge in [0, 0.05) is 34.6 Å². The standard InChI is InChI=1S/C23H23N5O3/c1-15-13-24-22-20(15)21(25-14-26-22)16-6-8-17(9-7-16)27-23(30)28(10-11-29)18-4-3-5-19(12-18)31-2/h3-9,12-14,29H,10-11H2,1-2H3,(H,27,30)(H,24,25,26). The van der Waals surface area contributed by atoms with Crippen LogP contribution in [0.4, 0.5) is 16.2 Å². The van der Waals surface area contributed by atoms with E-state index in [2.05, 4.69) is 20.3 Å². The Morgan fingerprint density at radius 2 is 2.00 bits per heavy atom. The summed E-state index contributed by atoms with van der Waals surface area (Å²) in [4.78, 5) is 26.2. The average molecular weight is 417 g/mol. The molecule has 2 aromatic carbocycles. The van der Waals surface area contributed by atoms with E-state index in [1.54, 1.807) is 31.4 Å². The number of hydrogen-bond donors (Lipinski definition) is 3. The van der Waals surface area contributed by atoms with Gasteiger partial charge in [-0.25, -0.2) is 14.8 Å². The number of methoxy groups -OCH3 is 1. The molecule has 2 aromatic heterocycles. The molecule has 0 saturated carbocycles. The van der Waals surface area contributed by atoms with E-state index in [1.807, 2.05) is 37.4 Å². The molecule has 4 aromatic rings. The summed E-state index contributed by atoms with van der Waals surface area (Å²) in [5.74, 6) is 0.633. The molecule has 0 spiro atoms. The monoisotopic (exact) mass is 417 g/mol. The van der Waals surface area contributed by atoms with Crippen molar-refractivity contribution >= 4 is 28.4 Å². The zero-order chi connectivity index (χ0) is 21.8. The van der Waals surface area contributed by atoms with E-state index in [9.17, 15) is 9.90 Å². The lowest BCUT2D eigenvalue weighted by molar-refractivity contribution is 0.252. The highest BCUT2D eigenvalue weighted by molar-refractivity contribution is 6.02. The fourth-order valence-electron chi connectivity index (χ4n) is 3.46. The molecule has 0 atom stereocenters. The minimum absolute atomic E-state index is 0.156. The van der Waals surface area contributed by atoms with E-state index >= 15 is 0 Å². The smallest absolute Gasteiger partial charge is 0.326 e. The number of aliphatic hydroxyl groups excluding tert-OH is 1. The Hall–Kier alpha value is -3.91. The molecule has 3 N–H and O–H groups in total. The Bertz CT molecular complexity index is 1200. The lowest BCUT2D eigenvalue weighted by Gasteiger charge is -2.23. The molecule has 0 saturated heterocycles. The highest BCUT2D eigenvalue weighted by Gasteiger charge is 2.17. The number of carbonyl (C=O) groups is 1. The van der Waals surface area contributed by atoms with Crippen LogP contribution >= 0.6 is 0 Å². The van der Waals surface area contributed by atoms with Crippen molar-refractivity contribution in [3.63, 3.8) is 0 Å². The van der Waals surface area contributed by atoms with E-state index in [-0.39, 0.29) is 19.2 Å². The summed E-state index contributed by atoms with van der Waals surface area (Å²) in [5, 5.41) is 13.3. The summed E-state index contributed by atoms with van der Waals surface area (Å²) >= 11 is 0. The highest BCUT2D eigenvalue weighted by Crippen LogP contribution is 2.28. The van der Waals surface area contributed by atoms with Gasteiger partial charge in [0.15, 0.2) is 0 Å². The van der Waals surface area contributed by atoms with Crippen molar-refractivity contribution in [3.8, 4) is 17.0 Å². The molecule has 2 amide bonds. The number of benzene rings is 2. The van der Waals surface area contributed by atoms with Crippen LogP contribution < -0.4 is 15.0 Å². The summed E-state index contributed by atoms with van der Waals surface area (Å²) in [7, 11) is 1.57. The maximum atomic E-state index is 12.9. The first-order valence-corrected chi connectivity index (χ1v) is 9.83. The molecule has 158 valence electrons. The number of rotatable bonds is 6. The summed E-state index contributed by atoms with van der Waals surface area (Å²) in [5.41, 5.74) is 4.89. The van der Waals surface area contributed by atoms with Crippen LogP contribution in [0, 0.1) is 6.92 Å². The molecule has 0 bridgehead atoms. The fraction of sp³-hybridized carbons (Fsp3) is 0.174. The first-order chi connectivity index (χ1) is 15.1. The zero-order valence-electron chi connectivity index (χ0n) is 17.3. The van der Waals surface area contributed by atoms with Crippen molar-refractivity contribution in [2.45, 2.75) is 6.92 Å².